The van der Waals surface area contributed by atoms with Crippen LogP contribution in [0.15, 0.2) is 11.4 Å². The van der Waals surface area contributed by atoms with Gasteiger partial charge in [-0.25, -0.2) is 13.4 Å². The van der Waals surface area contributed by atoms with Gasteiger partial charge in [0.1, 0.15) is 0 Å². The maximum Gasteiger partial charge on any atom is 0.262 e. The summed E-state index contributed by atoms with van der Waals surface area (Å²) in [5, 5.41) is 0.0887. The second-order valence-corrected chi connectivity index (χ2v) is 7.30. The Labute approximate surface area is 114 Å². The van der Waals surface area contributed by atoms with Gasteiger partial charge in [-0.05, 0) is 18.8 Å². The van der Waals surface area contributed by atoms with Gasteiger partial charge in [-0.15, -0.1) is 0 Å². The molecule has 2 rings (SSSR count). The van der Waals surface area contributed by atoms with E-state index in [2.05, 4.69) is 4.98 Å². The van der Waals surface area contributed by atoms with Gasteiger partial charge in [0.2, 0.25) is 0 Å². The Bertz CT molecular complexity index is 512. The summed E-state index contributed by atoms with van der Waals surface area (Å²) in [4.78, 5) is 3.85. The van der Waals surface area contributed by atoms with Crippen LogP contribution >= 0.6 is 0 Å². The van der Waals surface area contributed by atoms with Gasteiger partial charge in [0, 0.05) is 20.6 Å². The molecule has 0 atom stereocenters. The van der Waals surface area contributed by atoms with Crippen LogP contribution in [-0.4, -0.2) is 35.9 Å². The minimum absolute atomic E-state index is 0.0676. The van der Waals surface area contributed by atoms with Crippen molar-refractivity contribution in [2.45, 2.75) is 37.1 Å². The van der Waals surface area contributed by atoms with Crippen LogP contribution in [0.4, 0.5) is 5.82 Å². The molecule has 6 nitrogen and oxygen atoms in total. The average molecular weight is 286 g/mol. The Morgan fingerprint density at radius 1 is 1.42 bits per heavy atom. The zero-order valence-corrected chi connectivity index (χ0v) is 12.4. The van der Waals surface area contributed by atoms with E-state index in [-0.39, 0.29) is 10.8 Å². The molecule has 0 spiro atoms. The van der Waals surface area contributed by atoms with E-state index >= 15 is 0 Å². The fraction of sp³-hybridized carbons (Fsp3) is 0.750. The molecule has 1 heterocycles. The predicted molar refractivity (Wildman–Crippen MR) is 74.0 cm³/mol. The molecule has 1 aliphatic carbocycles. The standard InChI is InChI=1S/C12H22N4O2S/c1-15-9-14-11(13)12(15)19(17,18)16(2)8-10-6-4-3-5-7-10/h9-10H,3-8,13H2,1-2H3. The number of imidazole rings is 1. The molecular formula is C12H22N4O2S. The van der Waals surface area contributed by atoms with E-state index in [1.54, 1.807) is 14.1 Å². The molecule has 1 aromatic rings. The fourth-order valence-electron chi connectivity index (χ4n) is 2.73. The molecule has 0 saturated heterocycles. The topological polar surface area (TPSA) is 81.2 Å². The summed E-state index contributed by atoms with van der Waals surface area (Å²) in [6, 6.07) is 0. The second-order valence-electron chi connectivity index (χ2n) is 5.34. The number of hydrogen-bond acceptors (Lipinski definition) is 4. The summed E-state index contributed by atoms with van der Waals surface area (Å²) in [6.07, 6.45) is 7.32. The van der Waals surface area contributed by atoms with Crippen molar-refractivity contribution in [1.29, 1.82) is 0 Å². The molecule has 19 heavy (non-hydrogen) atoms. The molecule has 0 aliphatic heterocycles. The van der Waals surface area contributed by atoms with Gasteiger partial charge in [0.25, 0.3) is 10.0 Å². The SMILES string of the molecule is CN(CC1CCCCC1)S(=O)(=O)c1c(N)ncn1C. The minimum Gasteiger partial charge on any atom is -0.381 e. The normalized spacial score (nSPS) is 18.1. The number of hydrogen-bond donors (Lipinski definition) is 1. The first-order valence-electron chi connectivity index (χ1n) is 6.66. The van der Waals surface area contributed by atoms with Gasteiger partial charge >= 0.3 is 0 Å². The van der Waals surface area contributed by atoms with Crippen LogP contribution < -0.4 is 5.73 Å². The first kappa shape index (κ1) is 14.3. The second kappa shape index (κ2) is 5.50. The Hall–Kier alpha value is -1.08. The fourth-order valence-corrected chi connectivity index (χ4v) is 4.16. The lowest BCUT2D eigenvalue weighted by Crippen LogP contribution is -2.34. The predicted octanol–water partition coefficient (Wildman–Crippen LogP) is 1.20. The Balaban J connectivity index is 2.15. The third kappa shape index (κ3) is 2.92. The van der Waals surface area contributed by atoms with E-state index in [4.69, 9.17) is 5.73 Å². The molecule has 1 saturated carbocycles. The lowest BCUT2D eigenvalue weighted by Gasteiger charge is -2.26. The molecule has 2 N–H and O–H groups in total. The Morgan fingerprint density at radius 2 is 2.05 bits per heavy atom. The van der Waals surface area contributed by atoms with Crippen LogP contribution in [0.25, 0.3) is 0 Å². The van der Waals surface area contributed by atoms with Crippen LogP contribution in [0, 0.1) is 5.92 Å². The van der Waals surface area contributed by atoms with E-state index in [1.165, 1.54) is 34.5 Å². The van der Waals surface area contributed by atoms with E-state index < -0.39 is 10.0 Å². The number of aromatic nitrogens is 2. The van der Waals surface area contributed by atoms with Gasteiger partial charge < -0.3 is 10.3 Å². The van der Waals surface area contributed by atoms with Crippen molar-refractivity contribution in [3.05, 3.63) is 6.33 Å². The van der Waals surface area contributed by atoms with Crippen LogP contribution in [0.2, 0.25) is 0 Å². The summed E-state index contributed by atoms with van der Waals surface area (Å²) >= 11 is 0. The molecule has 108 valence electrons. The molecule has 0 aromatic carbocycles. The first-order valence-corrected chi connectivity index (χ1v) is 8.10. The highest BCUT2D eigenvalue weighted by Gasteiger charge is 2.29. The van der Waals surface area contributed by atoms with Gasteiger partial charge in [-0.2, -0.15) is 4.31 Å². The summed E-state index contributed by atoms with van der Waals surface area (Å²) in [5.41, 5.74) is 5.66. The third-order valence-electron chi connectivity index (χ3n) is 3.80. The van der Waals surface area contributed by atoms with E-state index in [0.717, 1.165) is 12.8 Å². The largest absolute Gasteiger partial charge is 0.381 e. The summed E-state index contributed by atoms with van der Waals surface area (Å²) in [6.45, 7) is 0.562. The molecular weight excluding hydrogens is 264 g/mol. The van der Waals surface area contributed by atoms with Crippen molar-refractivity contribution in [2.24, 2.45) is 13.0 Å². The Kier molecular flexibility index (Phi) is 4.15. The van der Waals surface area contributed by atoms with Crippen LogP contribution in [0.3, 0.4) is 0 Å². The van der Waals surface area contributed by atoms with E-state index in [9.17, 15) is 8.42 Å². The van der Waals surface area contributed by atoms with E-state index in [1.807, 2.05) is 0 Å². The lowest BCUT2D eigenvalue weighted by atomic mass is 9.89. The summed E-state index contributed by atoms with van der Waals surface area (Å²) < 4.78 is 27.9. The van der Waals surface area contributed by atoms with Crippen molar-refractivity contribution >= 4 is 15.8 Å². The highest BCUT2D eigenvalue weighted by atomic mass is 32.2. The first-order chi connectivity index (χ1) is 8.93. The summed E-state index contributed by atoms with van der Waals surface area (Å²) in [5.74, 6) is 0.529. The number of nitrogens with zero attached hydrogens (tertiary/aromatic N) is 3. The molecule has 1 aliphatic rings. The van der Waals surface area contributed by atoms with Gasteiger partial charge in [0.05, 0.1) is 6.33 Å². The van der Waals surface area contributed by atoms with Crippen LogP contribution in [-0.2, 0) is 17.1 Å². The molecule has 0 unspecified atom stereocenters. The molecule has 1 aromatic heterocycles. The van der Waals surface area contributed by atoms with Crippen molar-refractivity contribution in [1.82, 2.24) is 13.9 Å². The monoisotopic (exact) mass is 286 g/mol. The number of sulfonamides is 1. The number of nitrogens with two attached hydrogens (primary N) is 1. The number of aryl methyl sites for hydroxylation is 1. The van der Waals surface area contributed by atoms with Gasteiger partial charge in [0.15, 0.2) is 10.8 Å². The minimum atomic E-state index is -3.55. The van der Waals surface area contributed by atoms with Crippen molar-refractivity contribution < 1.29 is 8.42 Å². The van der Waals surface area contributed by atoms with Crippen molar-refractivity contribution in [2.75, 3.05) is 19.3 Å². The zero-order chi connectivity index (χ0) is 14.0. The smallest absolute Gasteiger partial charge is 0.262 e. The van der Waals surface area contributed by atoms with Gasteiger partial charge in [-0.3, -0.25) is 0 Å². The van der Waals surface area contributed by atoms with Crippen LogP contribution in [0.5, 0.6) is 0 Å². The van der Waals surface area contributed by atoms with Crippen molar-refractivity contribution in [3.8, 4) is 0 Å². The number of anilines is 1. The third-order valence-corrected chi connectivity index (χ3v) is 5.76. The highest BCUT2D eigenvalue weighted by Crippen LogP contribution is 2.27. The summed E-state index contributed by atoms with van der Waals surface area (Å²) in [7, 11) is -0.283. The maximum atomic E-state index is 12.5. The van der Waals surface area contributed by atoms with Gasteiger partial charge in [-0.1, -0.05) is 19.3 Å². The Morgan fingerprint density at radius 3 is 2.58 bits per heavy atom. The number of nitrogen functional groups attached to an aromatic ring is 1. The molecule has 7 heteroatoms. The zero-order valence-electron chi connectivity index (χ0n) is 11.5. The molecule has 1 fully saturated rings. The van der Waals surface area contributed by atoms with Crippen molar-refractivity contribution in [3.63, 3.8) is 0 Å². The molecule has 0 radical (unpaired) electrons. The lowest BCUT2D eigenvalue weighted by molar-refractivity contribution is 0.299. The average Bonchev–Trinajstić information content (AvgIpc) is 2.70. The molecule has 0 bridgehead atoms. The number of rotatable bonds is 4. The quantitative estimate of drug-likeness (QED) is 0.902. The molecule has 0 amide bonds. The maximum absolute atomic E-state index is 12.5. The van der Waals surface area contributed by atoms with Crippen LogP contribution in [0.1, 0.15) is 32.1 Å². The van der Waals surface area contributed by atoms with E-state index in [0.29, 0.717) is 12.5 Å². The highest BCUT2D eigenvalue weighted by molar-refractivity contribution is 7.89.